The van der Waals surface area contributed by atoms with E-state index in [1.165, 1.54) is 12.0 Å². The number of ether oxygens (including phenoxy) is 4. The first-order valence-electron chi connectivity index (χ1n) is 11.4. The number of anilines is 1. The van der Waals surface area contributed by atoms with Gasteiger partial charge in [-0.05, 0) is 49.1 Å². The number of aliphatic hydroxyl groups is 1. The Morgan fingerprint density at radius 3 is 2.88 bits per heavy atom. The molecule has 1 aromatic carbocycles. The lowest BCUT2D eigenvalue weighted by Gasteiger charge is -2.73. The topological polar surface area (TPSA) is 115 Å². The molecule has 0 aromatic heterocycles. The van der Waals surface area contributed by atoms with Gasteiger partial charge in [-0.1, -0.05) is 6.07 Å². The van der Waals surface area contributed by atoms with Crippen LogP contribution in [0.15, 0.2) is 12.1 Å². The summed E-state index contributed by atoms with van der Waals surface area (Å²) in [7, 11) is 1.27. The Bertz CT molecular complexity index is 1220. The Balaban J connectivity index is 1.57. The van der Waals surface area contributed by atoms with Gasteiger partial charge in [-0.15, -0.1) is 0 Å². The molecule has 3 saturated heterocycles. The van der Waals surface area contributed by atoms with Crippen LogP contribution in [0.4, 0.5) is 10.5 Å². The van der Waals surface area contributed by atoms with Crippen LogP contribution < -0.4 is 14.4 Å². The molecule has 5 aliphatic heterocycles. The maximum Gasteiger partial charge on any atom is 0.414 e. The van der Waals surface area contributed by atoms with Gasteiger partial charge in [0.05, 0.1) is 24.3 Å². The molecule has 8 aliphatic rings. The van der Waals surface area contributed by atoms with E-state index >= 15 is 0 Å². The van der Waals surface area contributed by atoms with Crippen LogP contribution in [0.25, 0.3) is 0 Å². The second-order valence-corrected chi connectivity index (χ2v) is 10.5. The number of piperidine rings is 1. The predicted molar refractivity (Wildman–Crippen MR) is 108 cm³/mol. The molecule has 6 fully saturated rings. The van der Waals surface area contributed by atoms with Crippen molar-refractivity contribution in [1.29, 1.82) is 0 Å². The molecule has 2 amide bonds. The van der Waals surface area contributed by atoms with Crippen LogP contribution in [0.3, 0.4) is 0 Å². The van der Waals surface area contributed by atoms with Crippen LogP contribution in [0.1, 0.15) is 37.7 Å². The molecule has 0 radical (unpaired) electrons. The molecule has 3 spiro atoms. The fourth-order valence-corrected chi connectivity index (χ4v) is 9.10. The van der Waals surface area contributed by atoms with Crippen molar-refractivity contribution >= 4 is 23.7 Å². The van der Waals surface area contributed by atoms with E-state index in [0.717, 1.165) is 12.8 Å². The van der Waals surface area contributed by atoms with Crippen LogP contribution in [-0.2, 0) is 24.5 Å². The Morgan fingerprint density at radius 1 is 1.21 bits per heavy atom. The highest BCUT2D eigenvalue weighted by atomic mass is 16.7. The van der Waals surface area contributed by atoms with Gasteiger partial charge in [-0.3, -0.25) is 9.69 Å². The normalized spacial score (nSPS) is 44.5. The van der Waals surface area contributed by atoms with Crippen molar-refractivity contribution in [2.24, 2.45) is 5.41 Å². The van der Waals surface area contributed by atoms with Gasteiger partial charge in [0.15, 0.2) is 23.2 Å². The fraction of sp³-hybridized carbons (Fsp3) is 0.609. The maximum atomic E-state index is 13.8. The third-order valence-electron chi connectivity index (χ3n) is 9.76. The fourth-order valence-electron chi connectivity index (χ4n) is 9.10. The van der Waals surface area contributed by atoms with Crippen molar-refractivity contribution in [1.82, 2.24) is 4.90 Å². The Morgan fingerprint density at radius 2 is 2.06 bits per heavy atom. The van der Waals surface area contributed by atoms with Gasteiger partial charge in [-0.2, -0.15) is 0 Å². The number of hydrogen-bond acceptors (Lipinski definition) is 8. The molecule has 4 bridgehead atoms. The first-order valence-corrected chi connectivity index (χ1v) is 11.4. The number of fused-ring (bicyclic) bond motifs is 4. The summed E-state index contributed by atoms with van der Waals surface area (Å²) in [4.78, 5) is 44.1. The zero-order valence-corrected chi connectivity index (χ0v) is 18.0. The van der Waals surface area contributed by atoms with E-state index in [4.69, 9.17) is 18.9 Å². The largest absolute Gasteiger partial charge is 0.454 e. The van der Waals surface area contributed by atoms with Gasteiger partial charge in [0.2, 0.25) is 6.79 Å². The molecule has 3 saturated carbocycles. The lowest BCUT2D eigenvalue weighted by atomic mass is 9.36. The van der Waals surface area contributed by atoms with Crippen LogP contribution in [0.5, 0.6) is 11.5 Å². The average molecular weight is 454 g/mol. The molecule has 10 nitrogen and oxygen atoms in total. The van der Waals surface area contributed by atoms with E-state index in [9.17, 15) is 19.5 Å². The summed E-state index contributed by atoms with van der Waals surface area (Å²) in [5.74, 6) is -0.248. The molecular formula is C23H22N2O8. The van der Waals surface area contributed by atoms with Gasteiger partial charge in [0.1, 0.15) is 5.54 Å². The molecule has 172 valence electrons. The minimum Gasteiger partial charge on any atom is -0.454 e. The van der Waals surface area contributed by atoms with Crippen LogP contribution >= 0.6 is 0 Å². The Kier molecular flexibility index (Phi) is 2.83. The molecule has 10 heteroatoms. The van der Waals surface area contributed by atoms with Crippen molar-refractivity contribution in [2.75, 3.05) is 25.3 Å². The highest BCUT2D eigenvalue weighted by Crippen LogP contribution is 2.79. The second-order valence-electron chi connectivity index (χ2n) is 10.5. The summed E-state index contributed by atoms with van der Waals surface area (Å²) < 4.78 is 22.5. The number of hydrogen-bond donors (Lipinski definition) is 1. The third kappa shape index (κ3) is 1.47. The quantitative estimate of drug-likeness (QED) is 0.573. The zero-order chi connectivity index (χ0) is 22.5. The van der Waals surface area contributed by atoms with Gasteiger partial charge < -0.3 is 29.0 Å². The minimum atomic E-state index is -1.98. The first-order chi connectivity index (χ1) is 15.9. The molecule has 5 heterocycles. The maximum absolute atomic E-state index is 13.8. The SMILES string of the molecule is COC(=O)N1c2c(ccc3c2OCO3)[C@@]23[C@@H]4OC(=O)[C@@]5(O)C[C@]6(CCCN(C4=O)[C@H]62)CC[C@@]135. The summed E-state index contributed by atoms with van der Waals surface area (Å²) >= 11 is 0. The smallest absolute Gasteiger partial charge is 0.414 e. The number of nitrogens with zero attached hydrogens (tertiary/aromatic N) is 2. The molecule has 33 heavy (non-hydrogen) atoms. The van der Waals surface area contributed by atoms with E-state index in [1.807, 2.05) is 11.0 Å². The first kappa shape index (κ1) is 18.4. The summed E-state index contributed by atoms with van der Waals surface area (Å²) in [5, 5.41) is 12.3. The number of carbonyl (C=O) groups excluding carboxylic acids is 3. The molecule has 6 atom stereocenters. The van der Waals surface area contributed by atoms with Gasteiger partial charge in [0.25, 0.3) is 5.91 Å². The van der Waals surface area contributed by atoms with E-state index < -0.39 is 40.1 Å². The summed E-state index contributed by atoms with van der Waals surface area (Å²) in [6.07, 6.45) is 0.958. The monoisotopic (exact) mass is 454 g/mol. The van der Waals surface area contributed by atoms with Crippen molar-refractivity contribution in [2.45, 2.75) is 60.8 Å². The summed E-state index contributed by atoms with van der Waals surface area (Å²) in [6, 6.07) is 3.32. The highest BCUT2D eigenvalue weighted by Gasteiger charge is 2.93. The van der Waals surface area contributed by atoms with Crippen LogP contribution in [-0.4, -0.2) is 71.7 Å². The van der Waals surface area contributed by atoms with Gasteiger partial charge >= 0.3 is 12.1 Å². The predicted octanol–water partition coefficient (Wildman–Crippen LogP) is 0.823. The lowest BCUT2D eigenvalue weighted by molar-refractivity contribution is -0.261. The van der Waals surface area contributed by atoms with Crippen molar-refractivity contribution < 1.29 is 38.4 Å². The second kappa shape index (κ2) is 5.06. The molecule has 1 aromatic rings. The Labute approximate surface area is 188 Å². The molecular weight excluding hydrogens is 432 g/mol. The van der Waals surface area contributed by atoms with Gasteiger partial charge in [0, 0.05) is 6.54 Å². The summed E-state index contributed by atoms with van der Waals surface area (Å²) in [6.45, 7) is 0.552. The number of benzene rings is 1. The zero-order valence-electron chi connectivity index (χ0n) is 18.0. The Hall–Kier alpha value is -3.01. The van der Waals surface area contributed by atoms with Crippen molar-refractivity contribution in [3.8, 4) is 11.5 Å². The summed E-state index contributed by atoms with van der Waals surface area (Å²) in [5.41, 5.74) is -3.86. The van der Waals surface area contributed by atoms with E-state index in [1.54, 1.807) is 6.07 Å². The van der Waals surface area contributed by atoms with Gasteiger partial charge in [-0.25, -0.2) is 9.59 Å². The van der Waals surface area contributed by atoms with E-state index in [0.29, 0.717) is 42.1 Å². The average Bonchev–Trinajstić information content (AvgIpc) is 3.46. The van der Waals surface area contributed by atoms with Crippen LogP contribution in [0.2, 0.25) is 0 Å². The van der Waals surface area contributed by atoms with Crippen molar-refractivity contribution in [3.05, 3.63) is 17.7 Å². The highest BCUT2D eigenvalue weighted by molar-refractivity contribution is 6.06. The third-order valence-corrected chi connectivity index (χ3v) is 9.76. The number of amides is 2. The number of methoxy groups -OCH3 is 1. The van der Waals surface area contributed by atoms with Crippen LogP contribution in [0, 0.1) is 5.41 Å². The van der Waals surface area contributed by atoms with E-state index in [-0.39, 0.29) is 25.2 Å². The number of carbonyl (C=O) groups is 3. The minimum absolute atomic E-state index is 0.0116. The molecule has 0 unspecified atom stereocenters. The molecule has 3 aliphatic carbocycles. The number of rotatable bonds is 0. The lowest BCUT2D eigenvalue weighted by Crippen LogP contribution is -2.89. The molecule has 1 N–H and O–H groups in total. The number of esters is 1. The standard InChI is InChI=1S/C23H22N2O8/c1-30-19(28)25-13-11(3-4-12-14(13)32-10-31-12)23-15-16(26)24-8-2-5-20(17(23)24)6-7-22(23,25)21(29,9-20)18(27)33-15/h3-4,15,17,29H,2,5-10H2,1H3/t15-,17-,20+,21+,22+,23-/m1/s1. The van der Waals surface area contributed by atoms with E-state index in [2.05, 4.69) is 0 Å². The van der Waals surface area contributed by atoms with Crippen molar-refractivity contribution in [3.63, 3.8) is 0 Å². The molecule has 9 rings (SSSR count).